The van der Waals surface area contributed by atoms with Crippen LogP contribution in [0.2, 0.25) is 0 Å². The number of ether oxygens (including phenoxy) is 1. The predicted octanol–water partition coefficient (Wildman–Crippen LogP) is 7.37. The zero-order chi connectivity index (χ0) is 28.2. The van der Waals surface area contributed by atoms with E-state index in [9.17, 15) is 4.79 Å². The number of rotatable bonds is 10. The van der Waals surface area contributed by atoms with E-state index in [1.807, 2.05) is 29.0 Å². The normalized spacial score (nSPS) is 12.3. The number of nitrogens with one attached hydrogen (secondary N) is 1. The summed E-state index contributed by atoms with van der Waals surface area (Å²) in [6, 6.07) is 14.4. The molecule has 4 rings (SSSR count). The van der Waals surface area contributed by atoms with Gasteiger partial charge in [-0.2, -0.15) is 0 Å². The van der Waals surface area contributed by atoms with Crippen LogP contribution in [-0.4, -0.2) is 31.4 Å². The maximum atomic E-state index is 12.7. The Morgan fingerprint density at radius 3 is 2.56 bits per heavy atom. The Balaban J connectivity index is 1.38. The highest BCUT2D eigenvalue weighted by molar-refractivity contribution is 7.99. The molecule has 0 aliphatic carbocycles. The summed E-state index contributed by atoms with van der Waals surface area (Å²) < 4.78 is 8.10. The number of thioether (sulfide) groups is 1. The summed E-state index contributed by atoms with van der Waals surface area (Å²) in [4.78, 5) is 17.3. The lowest BCUT2D eigenvalue weighted by Gasteiger charge is -2.20. The number of anilines is 1. The fourth-order valence-corrected chi connectivity index (χ4v) is 5.44. The van der Waals surface area contributed by atoms with Gasteiger partial charge in [0, 0.05) is 17.5 Å². The molecule has 1 atom stereocenters. The molecule has 0 radical (unpaired) electrons. The molecule has 0 fully saturated rings. The van der Waals surface area contributed by atoms with E-state index in [-0.39, 0.29) is 23.2 Å². The van der Waals surface area contributed by atoms with Crippen LogP contribution < -0.4 is 10.1 Å². The topological polar surface area (TPSA) is 81.9 Å². The van der Waals surface area contributed by atoms with Crippen molar-refractivity contribution >= 4 is 34.1 Å². The maximum absolute atomic E-state index is 12.7. The molecule has 0 saturated heterocycles. The Morgan fingerprint density at radius 2 is 1.90 bits per heavy atom. The lowest BCUT2D eigenvalue weighted by molar-refractivity contribution is -0.113. The van der Waals surface area contributed by atoms with Gasteiger partial charge in [0.1, 0.15) is 5.75 Å². The second-order valence-electron chi connectivity index (χ2n) is 10.4. The zero-order valence-corrected chi connectivity index (χ0v) is 24.9. The summed E-state index contributed by atoms with van der Waals surface area (Å²) in [5.41, 5.74) is 5.66. The molecule has 1 amide bonds. The minimum Gasteiger partial charge on any atom is -0.483 e. The molecule has 0 aliphatic rings. The molecule has 1 N–H and O–H groups in total. The van der Waals surface area contributed by atoms with Crippen LogP contribution in [0.5, 0.6) is 5.75 Å². The number of carbonyl (C=O) groups is 1. The third kappa shape index (κ3) is 7.16. The van der Waals surface area contributed by atoms with E-state index in [1.54, 1.807) is 6.08 Å². The van der Waals surface area contributed by atoms with Crippen molar-refractivity contribution in [1.82, 2.24) is 19.7 Å². The predicted molar refractivity (Wildman–Crippen MR) is 161 cm³/mol. The summed E-state index contributed by atoms with van der Waals surface area (Å²) in [6.07, 6.45) is 1.45. The minimum atomic E-state index is -0.333. The van der Waals surface area contributed by atoms with Crippen LogP contribution >= 0.6 is 23.1 Å². The number of amides is 1. The van der Waals surface area contributed by atoms with E-state index in [4.69, 9.17) is 4.74 Å². The molecule has 39 heavy (non-hydrogen) atoms. The van der Waals surface area contributed by atoms with Crippen LogP contribution in [0, 0.1) is 13.8 Å². The van der Waals surface area contributed by atoms with Crippen LogP contribution in [-0.2, 0) is 16.8 Å². The highest BCUT2D eigenvalue weighted by Crippen LogP contribution is 2.29. The number of carbonyl (C=O) groups excluding carboxylic acids is 1. The van der Waals surface area contributed by atoms with Crippen molar-refractivity contribution in [1.29, 1.82) is 0 Å². The van der Waals surface area contributed by atoms with Gasteiger partial charge in [-0.15, -0.1) is 28.1 Å². The number of hydrogen-bond acceptors (Lipinski definition) is 7. The Kier molecular flexibility index (Phi) is 8.92. The van der Waals surface area contributed by atoms with E-state index in [2.05, 4.69) is 92.0 Å². The van der Waals surface area contributed by atoms with Crippen molar-refractivity contribution in [2.24, 2.45) is 0 Å². The van der Waals surface area contributed by atoms with Crippen LogP contribution in [0.15, 0.2) is 65.7 Å². The first kappa shape index (κ1) is 28.6. The van der Waals surface area contributed by atoms with Crippen molar-refractivity contribution in [3.63, 3.8) is 0 Å². The van der Waals surface area contributed by atoms with Gasteiger partial charge in [0.25, 0.3) is 0 Å². The molecule has 204 valence electrons. The van der Waals surface area contributed by atoms with E-state index < -0.39 is 0 Å². The average molecular weight is 562 g/mol. The number of hydrogen-bond donors (Lipinski definition) is 1. The molecule has 0 aliphatic heterocycles. The second-order valence-corrected chi connectivity index (χ2v) is 12.2. The van der Waals surface area contributed by atoms with Crippen LogP contribution in [0.3, 0.4) is 0 Å². The summed E-state index contributed by atoms with van der Waals surface area (Å²) >= 11 is 2.73. The summed E-state index contributed by atoms with van der Waals surface area (Å²) in [7, 11) is 0. The molecule has 2 aromatic carbocycles. The number of allylic oxidation sites excluding steroid dienone is 1. The van der Waals surface area contributed by atoms with E-state index >= 15 is 0 Å². The summed E-state index contributed by atoms with van der Waals surface area (Å²) in [6.45, 7) is 17.0. The third-order valence-corrected chi connectivity index (χ3v) is 8.06. The van der Waals surface area contributed by atoms with Gasteiger partial charge in [0.2, 0.25) is 5.91 Å². The number of aromatic nitrogens is 4. The van der Waals surface area contributed by atoms with Crippen LogP contribution in [0.25, 0.3) is 11.3 Å². The number of nitrogens with zero attached hydrogens (tertiary/aromatic N) is 4. The lowest BCUT2D eigenvalue weighted by Crippen LogP contribution is -2.15. The molecule has 0 spiro atoms. The van der Waals surface area contributed by atoms with Gasteiger partial charge in [-0.25, -0.2) is 4.98 Å². The number of benzene rings is 2. The van der Waals surface area contributed by atoms with Crippen molar-refractivity contribution in [3.05, 3.63) is 83.0 Å². The number of aryl methyl sites for hydroxylation is 2. The van der Waals surface area contributed by atoms with Crippen LogP contribution in [0.1, 0.15) is 56.3 Å². The van der Waals surface area contributed by atoms with Gasteiger partial charge < -0.3 is 10.1 Å². The first-order valence-corrected chi connectivity index (χ1v) is 14.7. The van der Waals surface area contributed by atoms with Gasteiger partial charge in [-0.1, -0.05) is 62.9 Å². The fraction of sp³-hybridized carbons (Fsp3) is 0.333. The minimum absolute atomic E-state index is 0.0781. The third-order valence-electron chi connectivity index (χ3n) is 6.34. The molecule has 7 nitrogen and oxygen atoms in total. The SMILES string of the molecule is C=CCn1c(SCC(=O)Nc2nc(-c3ccc(C)c(C)c3)cs2)nnc1C(C)Oc1ccc(C(C)(C)C)cc1. The van der Waals surface area contributed by atoms with E-state index in [1.165, 1.54) is 39.8 Å². The van der Waals surface area contributed by atoms with Crippen molar-refractivity contribution < 1.29 is 9.53 Å². The smallest absolute Gasteiger partial charge is 0.236 e. The van der Waals surface area contributed by atoms with Crippen molar-refractivity contribution in [2.45, 2.75) is 64.8 Å². The first-order valence-electron chi connectivity index (χ1n) is 12.8. The molecule has 0 bridgehead atoms. The molecule has 9 heteroatoms. The molecular formula is C30H35N5O2S2. The fourth-order valence-electron chi connectivity index (χ4n) is 3.95. The highest BCUT2D eigenvalue weighted by atomic mass is 32.2. The monoisotopic (exact) mass is 561 g/mol. The Labute approximate surface area is 238 Å². The number of thiazole rings is 1. The first-order chi connectivity index (χ1) is 18.5. The summed E-state index contributed by atoms with van der Waals surface area (Å²) in [5, 5.41) is 14.8. The van der Waals surface area contributed by atoms with Gasteiger partial charge >= 0.3 is 0 Å². The molecule has 4 aromatic rings. The second kappa shape index (κ2) is 12.2. The Morgan fingerprint density at radius 1 is 1.15 bits per heavy atom. The summed E-state index contributed by atoms with van der Waals surface area (Å²) in [5.74, 6) is 1.47. The van der Waals surface area contributed by atoms with Gasteiger partial charge in [0.05, 0.1) is 11.4 Å². The average Bonchev–Trinajstić information content (AvgIpc) is 3.51. The Bertz CT molecular complexity index is 1450. The van der Waals surface area contributed by atoms with Gasteiger partial charge in [0.15, 0.2) is 22.2 Å². The largest absolute Gasteiger partial charge is 0.483 e. The Hall–Kier alpha value is -3.43. The molecular weight excluding hydrogens is 526 g/mol. The van der Waals surface area contributed by atoms with Crippen molar-refractivity contribution in [3.8, 4) is 17.0 Å². The quantitative estimate of drug-likeness (QED) is 0.161. The van der Waals surface area contributed by atoms with Crippen LogP contribution in [0.4, 0.5) is 5.13 Å². The van der Waals surface area contributed by atoms with E-state index in [0.717, 1.165) is 17.0 Å². The van der Waals surface area contributed by atoms with Gasteiger partial charge in [-0.3, -0.25) is 9.36 Å². The highest BCUT2D eigenvalue weighted by Gasteiger charge is 2.21. The zero-order valence-electron chi connectivity index (χ0n) is 23.3. The molecule has 2 heterocycles. The van der Waals surface area contributed by atoms with Gasteiger partial charge in [-0.05, 0) is 61.1 Å². The molecule has 2 aromatic heterocycles. The maximum Gasteiger partial charge on any atom is 0.236 e. The lowest BCUT2D eigenvalue weighted by atomic mass is 9.87. The molecule has 1 unspecified atom stereocenters. The standard InChI is InChI=1S/C30H35N5O2S2/c1-8-15-35-27(21(4)37-24-13-11-23(12-14-24)30(5,6)7)33-34-29(35)39-18-26(36)32-28-31-25(17-38-28)22-10-9-19(2)20(3)16-22/h8-14,16-17,21H,1,15,18H2,2-7H3,(H,31,32,36). The van der Waals surface area contributed by atoms with E-state index in [0.29, 0.717) is 22.7 Å². The van der Waals surface area contributed by atoms with Crippen molar-refractivity contribution in [2.75, 3.05) is 11.1 Å². The molecule has 0 saturated carbocycles.